The first-order valence-electron chi connectivity index (χ1n) is 6.22. The van der Waals surface area contributed by atoms with Crippen molar-refractivity contribution in [3.05, 3.63) is 29.1 Å². The summed E-state index contributed by atoms with van der Waals surface area (Å²) < 4.78 is 5.01. The maximum Gasteiger partial charge on any atom is 0.185 e. The van der Waals surface area contributed by atoms with Crippen molar-refractivity contribution in [2.45, 2.75) is 52.5 Å². The summed E-state index contributed by atoms with van der Waals surface area (Å²) in [6, 6.07) is 0. The van der Waals surface area contributed by atoms with E-state index in [4.69, 9.17) is 12.2 Å². The van der Waals surface area contributed by atoms with Gasteiger partial charge in [-0.25, -0.2) is 0 Å². The van der Waals surface area contributed by atoms with E-state index in [1.165, 1.54) is 0 Å². The van der Waals surface area contributed by atoms with E-state index in [-0.39, 0.29) is 11.0 Å². The normalized spacial score (nSPS) is 13.2. The maximum absolute atomic E-state index is 5.56. The van der Waals surface area contributed by atoms with Gasteiger partial charge in [0.25, 0.3) is 0 Å². The highest BCUT2D eigenvalue weighted by Gasteiger charge is 2.22. The highest BCUT2D eigenvalue weighted by atomic mass is 32.1. The van der Waals surface area contributed by atoms with Crippen LogP contribution in [-0.2, 0) is 11.0 Å². The van der Waals surface area contributed by atoms with Crippen molar-refractivity contribution in [1.82, 2.24) is 14.0 Å². The zero-order valence-corrected chi connectivity index (χ0v) is 12.8. The SMILES string of the molecule is CC(C)(C)c1nccn2c(=S)n(C(C)(C)C)cc12. The number of nitrogens with zero attached hydrogens (tertiary/aromatic N) is 3. The van der Waals surface area contributed by atoms with Crippen LogP contribution in [0.15, 0.2) is 18.6 Å². The predicted molar refractivity (Wildman–Crippen MR) is 77.7 cm³/mol. The van der Waals surface area contributed by atoms with Gasteiger partial charge in [-0.15, -0.1) is 0 Å². The van der Waals surface area contributed by atoms with E-state index in [1.807, 2.05) is 16.8 Å². The van der Waals surface area contributed by atoms with Crippen molar-refractivity contribution in [2.24, 2.45) is 0 Å². The zero-order chi connectivity index (χ0) is 13.7. The van der Waals surface area contributed by atoms with E-state index in [2.05, 4.69) is 57.3 Å². The Bertz CT molecular complexity index is 636. The summed E-state index contributed by atoms with van der Waals surface area (Å²) in [6.45, 7) is 13.0. The molecule has 0 spiro atoms. The van der Waals surface area contributed by atoms with Crippen LogP contribution in [0, 0.1) is 4.77 Å². The third-order valence-electron chi connectivity index (χ3n) is 3.02. The summed E-state index contributed by atoms with van der Waals surface area (Å²) in [6.07, 6.45) is 5.89. The minimum absolute atomic E-state index is 0.0123. The standard InChI is InChI=1S/C14H21N3S/c1-13(2,3)11-10-9-17(14(4,5)6)12(18)16(10)8-7-15-11/h7-9H,1-6H3. The first-order valence-corrected chi connectivity index (χ1v) is 6.63. The van der Waals surface area contributed by atoms with Crippen molar-refractivity contribution in [3.8, 4) is 0 Å². The average molecular weight is 263 g/mol. The van der Waals surface area contributed by atoms with Gasteiger partial charge in [0, 0.05) is 29.5 Å². The molecule has 0 fully saturated rings. The van der Waals surface area contributed by atoms with Gasteiger partial charge in [0.1, 0.15) is 0 Å². The highest BCUT2D eigenvalue weighted by Crippen LogP contribution is 2.27. The molecule has 0 saturated heterocycles. The lowest BCUT2D eigenvalue weighted by atomic mass is 9.91. The Kier molecular flexibility index (Phi) is 2.89. The van der Waals surface area contributed by atoms with E-state index in [9.17, 15) is 0 Å². The highest BCUT2D eigenvalue weighted by molar-refractivity contribution is 7.71. The van der Waals surface area contributed by atoms with Gasteiger partial charge in [-0.2, -0.15) is 0 Å². The summed E-state index contributed by atoms with van der Waals surface area (Å²) >= 11 is 5.56. The second-order valence-corrected chi connectivity index (χ2v) is 7.10. The van der Waals surface area contributed by atoms with Gasteiger partial charge in [-0.3, -0.25) is 9.38 Å². The molecule has 98 valence electrons. The Morgan fingerprint density at radius 1 is 1.11 bits per heavy atom. The van der Waals surface area contributed by atoms with Crippen molar-refractivity contribution < 1.29 is 0 Å². The Balaban J connectivity index is 2.86. The van der Waals surface area contributed by atoms with Crippen molar-refractivity contribution >= 4 is 17.7 Å². The Hall–Kier alpha value is -1.16. The number of hydrogen-bond donors (Lipinski definition) is 0. The van der Waals surface area contributed by atoms with Crippen LogP contribution in [0.25, 0.3) is 5.52 Å². The van der Waals surface area contributed by atoms with Gasteiger partial charge in [-0.05, 0) is 33.0 Å². The molecule has 0 saturated carbocycles. The van der Waals surface area contributed by atoms with Crippen molar-refractivity contribution in [3.63, 3.8) is 0 Å². The van der Waals surface area contributed by atoms with Crippen LogP contribution < -0.4 is 0 Å². The van der Waals surface area contributed by atoms with Gasteiger partial charge in [0.15, 0.2) is 4.77 Å². The summed E-state index contributed by atoms with van der Waals surface area (Å²) in [5.41, 5.74) is 2.18. The Morgan fingerprint density at radius 2 is 1.72 bits per heavy atom. The Labute approximate surface area is 113 Å². The van der Waals surface area contributed by atoms with Crippen molar-refractivity contribution in [1.29, 1.82) is 0 Å². The molecule has 2 aromatic rings. The zero-order valence-electron chi connectivity index (χ0n) is 12.0. The molecule has 0 unspecified atom stereocenters. The van der Waals surface area contributed by atoms with Crippen LogP contribution in [-0.4, -0.2) is 14.0 Å². The topological polar surface area (TPSA) is 22.2 Å². The molecule has 0 aliphatic carbocycles. The fourth-order valence-corrected chi connectivity index (χ4v) is 2.56. The van der Waals surface area contributed by atoms with Crippen LogP contribution in [0.5, 0.6) is 0 Å². The second kappa shape index (κ2) is 3.92. The maximum atomic E-state index is 5.56. The molecule has 0 amide bonds. The fraction of sp³-hybridized carbons (Fsp3) is 0.571. The molecule has 0 aliphatic rings. The second-order valence-electron chi connectivity index (χ2n) is 6.73. The molecule has 2 aromatic heterocycles. The van der Waals surface area contributed by atoms with Crippen LogP contribution in [0.2, 0.25) is 0 Å². The van der Waals surface area contributed by atoms with E-state index < -0.39 is 0 Å². The molecule has 18 heavy (non-hydrogen) atoms. The first-order chi connectivity index (χ1) is 8.12. The van der Waals surface area contributed by atoms with Crippen molar-refractivity contribution in [2.75, 3.05) is 0 Å². The molecule has 0 bridgehead atoms. The van der Waals surface area contributed by atoms with Crippen LogP contribution >= 0.6 is 12.2 Å². The minimum Gasteiger partial charge on any atom is -0.318 e. The fourth-order valence-electron chi connectivity index (χ4n) is 2.08. The molecule has 3 nitrogen and oxygen atoms in total. The first kappa shape index (κ1) is 13.3. The summed E-state index contributed by atoms with van der Waals surface area (Å²) in [4.78, 5) is 4.53. The molecular weight excluding hydrogens is 242 g/mol. The number of imidazole rings is 1. The van der Waals surface area contributed by atoms with Gasteiger partial charge in [-0.1, -0.05) is 20.8 Å². The van der Waals surface area contributed by atoms with E-state index in [0.717, 1.165) is 16.0 Å². The van der Waals surface area contributed by atoms with Crippen LogP contribution in [0.1, 0.15) is 47.2 Å². The lowest BCUT2D eigenvalue weighted by Crippen LogP contribution is -2.21. The molecule has 4 heteroatoms. The molecule has 2 rings (SSSR count). The van der Waals surface area contributed by atoms with Crippen LogP contribution in [0.3, 0.4) is 0 Å². The molecule has 0 N–H and O–H groups in total. The third-order valence-corrected chi connectivity index (χ3v) is 3.41. The summed E-state index contributed by atoms with van der Waals surface area (Å²) in [5.74, 6) is 0. The predicted octanol–water partition coefficient (Wildman–Crippen LogP) is 3.92. The Morgan fingerprint density at radius 3 is 2.22 bits per heavy atom. The average Bonchev–Trinajstić information content (AvgIpc) is 2.54. The monoisotopic (exact) mass is 263 g/mol. The quantitative estimate of drug-likeness (QED) is 0.672. The van der Waals surface area contributed by atoms with Gasteiger partial charge < -0.3 is 4.57 Å². The number of fused-ring (bicyclic) bond motifs is 1. The number of aromatic nitrogens is 3. The van der Waals surface area contributed by atoms with Gasteiger partial charge >= 0.3 is 0 Å². The molecular formula is C14H21N3S. The molecule has 0 aliphatic heterocycles. The molecule has 0 atom stereocenters. The third kappa shape index (κ3) is 2.09. The minimum atomic E-state index is -0.0156. The lowest BCUT2D eigenvalue weighted by Gasteiger charge is -2.20. The summed E-state index contributed by atoms with van der Waals surface area (Å²) in [5, 5.41) is 0. The van der Waals surface area contributed by atoms with Gasteiger partial charge in [0.2, 0.25) is 0 Å². The molecule has 0 aromatic carbocycles. The van der Waals surface area contributed by atoms with Gasteiger partial charge in [0.05, 0.1) is 11.2 Å². The summed E-state index contributed by atoms with van der Waals surface area (Å²) in [7, 11) is 0. The smallest absolute Gasteiger partial charge is 0.185 e. The number of rotatable bonds is 0. The van der Waals surface area contributed by atoms with E-state index in [0.29, 0.717) is 0 Å². The van der Waals surface area contributed by atoms with Crippen LogP contribution in [0.4, 0.5) is 0 Å². The lowest BCUT2D eigenvalue weighted by molar-refractivity contribution is 0.391. The largest absolute Gasteiger partial charge is 0.318 e. The number of hydrogen-bond acceptors (Lipinski definition) is 2. The molecule has 2 heterocycles. The van der Waals surface area contributed by atoms with E-state index in [1.54, 1.807) is 0 Å². The molecule has 0 radical (unpaired) electrons. The van der Waals surface area contributed by atoms with E-state index >= 15 is 0 Å².